The third-order valence-corrected chi connectivity index (χ3v) is 0. The Morgan fingerprint density at radius 1 is 1.40 bits per heavy atom. The van der Waals surface area contributed by atoms with Crippen molar-refractivity contribution in [3.63, 3.8) is 0 Å². The number of carbonyl (C=O) groups is 1. The quantitative estimate of drug-likeness (QED) is 0.453. The van der Waals surface area contributed by atoms with Gasteiger partial charge in [0.1, 0.15) is 5.78 Å². The van der Waals surface area contributed by atoms with Gasteiger partial charge in [0.2, 0.25) is 0 Å². The van der Waals surface area contributed by atoms with Gasteiger partial charge in [0.25, 0.3) is 0 Å². The first-order chi connectivity index (χ1) is 1.73. The molecule has 0 aromatic rings. The van der Waals surface area contributed by atoms with E-state index in [4.69, 9.17) is 0 Å². The third-order valence-electron chi connectivity index (χ3n) is 0. The monoisotopic (exact) mass is 117 g/mol. The maximum Gasteiger partial charge on any atom is 3.00 e. The molecule has 0 radical (unpaired) electrons. The Bertz CT molecular complexity index is 29.9. The fourth-order valence-corrected chi connectivity index (χ4v) is 0. The van der Waals surface area contributed by atoms with Crippen LogP contribution in [-0.4, -0.2) is 5.78 Å². The smallest absolute Gasteiger partial charge is 0.300 e. The van der Waals surface area contributed by atoms with Gasteiger partial charge in [0.15, 0.2) is 0 Å². The Morgan fingerprint density at radius 3 is 1.40 bits per heavy atom. The van der Waals surface area contributed by atoms with Crippen LogP contribution in [0.15, 0.2) is 0 Å². The molecule has 0 saturated carbocycles. The van der Waals surface area contributed by atoms with E-state index in [1.807, 2.05) is 0 Å². The zero-order valence-corrected chi connectivity index (χ0v) is 4.28. The summed E-state index contributed by atoms with van der Waals surface area (Å²) in [7, 11) is 0. The summed E-state index contributed by atoms with van der Waals surface area (Å²) in [5.41, 5.74) is 0. The Morgan fingerprint density at radius 2 is 1.40 bits per heavy atom. The largest absolute Gasteiger partial charge is 3.00 e. The van der Waals surface area contributed by atoms with Gasteiger partial charge in [-0.25, -0.2) is 0 Å². The molecule has 0 spiro atoms. The van der Waals surface area contributed by atoms with E-state index in [-0.39, 0.29) is 22.6 Å². The second-order valence-electron chi connectivity index (χ2n) is 0.908. The summed E-state index contributed by atoms with van der Waals surface area (Å²) < 4.78 is 0. The topological polar surface area (TPSA) is 17.1 Å². The molecule has 0 aromatic heterocycles. The van der Waals surface area contributed by atoms with Crippen molar-refractivity contribution in [2.45, 2.75) is 13.8 Å². The van der Waals surface area contributed by atoms with Crippen LogP contribution in [-0.2, 0) is 21.6 Å². The molecule has 1 nitrogen and oxygen atoms in total. The summed E-state index contributed by atoms with van der Waals surface area (Å²) in [4.78, 5) is 9.44. The summed E-state index contributed by atoms with van der Waals surface area (Å²) in [5.74, 6) is 0.167. The number of carbonyl (C=O) groups excluding carboxylic acids is 1. The Balaban J connectivity index is 0. The molecule has 30 valence electrons. The van der Waals surface area contributed by atoms with Crippen LogP contribution in [0.3, 0.4) is 0 Å². The standard InChI is InChI=1S/C3H6O.Co/c1-3(2)4;/h1-2H3;/q;+3. The van der Waals surface area contributed by atoms with E-state index in [0.717, 1.165) is 0 Å². The summed E-state index contributed by atoms with van der Waals surface area (Å²) in [6.07, 6.45) is 0. The van der Waals surface area contributed by atoms with Gasteiger partial charge in [-0.1, -0.05) is 0 Å². The molecule has 0 heterocycles. The van der Waals surface area contributed by atoms with Gasteiger partial charge < -0.3 is 4.79 Å². The minimum Gasteiger partial charge on any atom is -0.300 e. The summed E-state index contributed by atoms with van der Waals surface area (Å²) >= 11 is 0. The Kier molecular flexibility index (Phi) is 7.47. The molecule has 0 N–H and O–H groups in total. The number of hydrogen-bond acceptors (Lipinski definition) is 1. The third kappa shape index (κ3) is 635. The van der Waals surface area contributed by atoms with Crippen molar-refractivity contribution in [1.82, 2.24) is 0 Å². The number of hydrogen-bond donors (Lipinski definition) is 0. The van der Waals surface area contributed by atoms with Gasteiger partial charge in [-0.2, -0.15) is 0 Å². The van der Waals surface area contributed by atoms with Crippen LogP contribution in [0, 0.1) is 0 Å². The first kappa shape index (κ1) is 8.95. The predicted molar refractivity (Wildman–Crippen MR) is 16.4 cm³/mol. The van der Waals surface area contributed by atoms with Gasteiger partial charge in [0, 0.05) is 0 Å². The van der Waals surface area contributed by atoms with Gasteiger partial charge in [-0.3, -0.25) is 0 Å². The number of rotatable bonds is 0. The van der Waals surface area contributed by atoms with Crippen molar-refractivity contribution in [3.8, 4) is 0 Å². The van der Waals surface area contributed by atoms with E-state index in [2.05, 4.69) is 0 Å². The van der Waals surface area contributed by atoms with E-state index < -0.39 is 0 Å². The molecule has 0 aromatic carbocycles. The molecule has 0 unspecified atom stereocenters. The number of ketones is 1. The van der Waals surface area contributed by atoms with Crippen LogP contribution in [0.25, 0.3) is 0 Å². The average molecular weight is 117 g/mol. The Hall–Kier alpha value is 0.176. The molecule has 0 aliphatic rings. The fraction of sp³-hybridized carbons (Fsp3) is 0.667. The fourth-order valence-electron chi connectivity index (χ4n) is 0. The molecule has 0 saturated heterocycles. The first-order valence-electron chi connectivity index (χ1n) is 1.20. The molecule has 0 fully saturated rings. The second-order valence-corrected chi connectivity index (χ2v) is 0.908. The molecule has 0 rings (SSSR count). The van der Waals surface area contributed by atoms with Gasteiger partial charge in [0.05, 0.1) is 0 Å². The second kappa shape index (κ2) is 4.18. The van der Waals surface area contributed by atoms with Gasteiger partial charge in [-0.05, 0) is 13.8 Å². The van der Waals surface area contributed by atoms with E-state index in [1.165, 1.54) is 13.8 Å². The van der Waals surface area contributed by atoms with Crippen molar-refractivity contribution in [2.75, 3.05) is 0 Å². The zero-order chi connectivity index (χ0) is 3.58. The minimum absolute atomic E-state index is 0. The normalized spacial score (nSPS) is 5.20. The predicted octanol–water partition coefficient (Wildman–Crippen LogP) is 0.593. The van der Waals surface area contributed by atoms with Crippen LogP contribution in [0.2, 0.25) is 0 Å². The van der Waals surface area contributed by atoms with Crippen LogP contribution in [0.1, 0.15) is 13.8 Å². The summed E-state index contributed by atoms with van der Waals surface area (Å²) in [5, 5.41) is 0. The molecule has 0 bridgehead atoms. The summed E-state index contributed by atoms with van der Waals surface area (Å²) in [6.45, 7) is 3.06. The molecule has 0 aliphatic carbocycles. The van der Waals surface area contributed by atoms with Gasteiger partial charge >= 0.3 is 16.8 Å². The van der Waals surface area contributed by atoms with E-state index in [9.17, 15) is 4.79 Å². The zero-order valence-electron chi connectivity index (χ0n) is 3.24. The van der Waals surface area contributed by atoms with Crippen molar-refractivity contribution in [1.29, 1.82) is 0 Å². The van der Waals surface area contributed by atoms with Gasteiger partial charge in [-0.15, -0.1) is 0 Å². The van der Waals surface area contributed by atoms with Crippen molar-refractivity contribution in [2.24, 2.45) is 0 Å². The maximum absolute atomic E-state index is 9.44. The SMILES string of the molecule is CC(C)=O.[Co+3]. The maximum atomic E-state index is 9.44. The van der Waals surface area contributed by atoms with Crippen molar-refractivity contribution < 1.29 is 21.6 Å². The van der Waals surface area contributed by atoms with Crippen LogP contribution in [0.5, 0.6) is 0 Å². The summed E-state index contributed by atoms with van der Waals surface area (Å²) in [6, 6.07) is 0. The van der Waals surface area contributed by atoms with Crippen molar-refractivity contribution >= 4 is 5.78 Å². The molecular weight excluding hydrogens is 111 g/mol. The van der Waals surface area contributed by atoms with E-state index in [1.54, 1.807) is 0 Å². The number of Topliss-reactive ketones (excluding diaryl/α,β-unsaturated/α-hetero) is 1. The van der Waals surface area contributed by atoms with Crippen LogP contribution >= 0.6 is 0 Å². The Labute approximate surface area is 42.0 Å². The van der Waals surface area contributed by atoms with E-state index >= 15 is 0 Å². The first-order valence-corrected chi connectivity index (χ1v) is 1.20. The minimum atomic E-state index is 0. The van der Waals surface area contributed by atoms with E-state index in [0.29, 0.717) is 0 Å². The molecule has 0 aliphatic heterocycles. The van der Waals surface area contributed by atoms with Crippen LogP contribution < -0.4 is 0 Å². The molecular formula is C3H6CoO+3. The van der Waals surface area contributed by atoms with Crippen LogP contribution in [0.4, 0.5) is 0 Å². The average Bonchev–Trinajstić information content (AvgIpc) is 0.811. The molecule has 0 atom stereocenters. The molecule has 0 amide bonds. The van der Waals surface area contributed by atoms with Crippen molar-refractivity contribution in [3.05, 3.63) is 0 Å². The molecule has 5 heavy (non-hydrogen) atoms. The molecule has 2 heteroatoms.